The lowest BCUT2D eigenvalue weighted by Gasteiger charge is -2.21. The Morgan fingerprint density at radius 3 is 2.36 bits per heavy atom. The van der Waals surface area contributed by atoms with Crippen molar-refractivity contribution in [2.24, 2.45) is 0 Å². The zero-order valence-electron chi connectivity index (χ0n) is 14.8. The normalized spacial score (nSPS) is 10.8. The van der Waals surface area contributed by atoms with Crippen LogP contribution in [-0.2, 0) is 24.3 Å². The van der Waals surface area contributed by atoms with Gasteiger partial charge in [-0.3, -0.25) is 4.89 Å². The monoisotopic (exact) mass is 358 g/mol. The summed E-state index contributed by atoms with van der Waals surface area (Å²) < 4.78 is 20.0. The molecule has 9 nitrogen and oxygen atoms in total. The molecule has 0 fully saturated rings. The summed E-state index contributed by atoms with van der Waals surface area (Å²) in [5.41, 5.74) is -0.420. The van der Waals surface area contributed by atoms with E-state index in [1.807, 2.05) is 13.8 Å². The Labute approximate surface area is 145 Å². The van der Waals surface area contributed by atoms with Crippen molar-refractivity contribution in [1.29, 1.82) is 0 Å². The van der Waals surface area contributed by atoms with Crippen LogP contribution < -0.4 is 9.47 Å². The quantitative estimate of drug-likeness (QED) is 0.375. The first-order valence-corrected chi connectivity index (χ1v) is 7.32. The largest absolute Gasteiger partial charge is 0.543 e. The highest BCUT2D eigenvalue weighted by molar-refractivity contribution is 5.92. The van der Waals surface area contributed by atoms with Crippen LogP contribution in [0.3, 0.4) is 0 Å². The number of hydrogen-bond donors (Lipinski definition) is 0. The molecule has 0 saturated heterocycles. The molecule has 25 heavy (non-hydrogen) atoms. The van der Waals surface area contributed by atoms with Crippen molar-refractivity contribution in [3.8, 4) is 11.5 Å². The van der Waals surface area contributed by atoms with Gasteiger partial charge in [-0.1, -0.05) is 0 Å². The van der Waals surface area contributed by atoms with Crippen LogP contribution in [0.4, 0.5) is 4.79 Å². The van der Waals surface area contributed by atoms with Gasteiger partial charge in [0.2, 0.25) is 0 Å². The molecule has 0 spiro atoms. The van der Waals surface area contributed by atoms with Crippen molar-refractivity contribution < 1.29 is 43.3 Å². The summed E-state index contributed by atoms with van der Waals surface area (Å²) >= 11 is 0. The number of hydrogen-bond acceptors (Lipinski definition) is 9. The molecule has 0 aliphatic rings. The summed E-state index contributed by atoms with van der Waals surface area (Å²) in [5.74, 6) is -0.295. The second kappa shape index (κ2) is 9.70. The highest BCUT2D eigenvalue weighted by Crippen LogP contribution is 2.24. The molecule has 1 aromatic carbocycles. The molecule has 0 heterocycles. The Morgan fingerprint density at radius 2 is 1.76 bits per heavy atom. The van der Waals surface area contributed by atoms with Gasteiger partial charge in [-0.05, 0) is 32.0 Å². The molecule has 140 valence electrons. The second-order valence-corrected chi connectivity index (χ2v) is 5.40. The fourth-order valence-electron chi connectivity index (χ4n) is 1.60. The van der Waals surface area contributed by atoms with Crippen molar-refractivity contribution in [3.05, 3.63) is 23.8 Å². The molecule has 1 aromatic rings. The van der Waals surface area contributed by atoms with Crippen molar-refractivity contribution in [1.82, 2.24) is 0 Å². The number of benzene rings is 1. The van der Waals surface area contributed by atoms with Crippen molar-refractivity contribution in [3.63, 3.8) is 0 Å². The van der Waals surface area contributed by atoms with Gasteiger partial charge in [-0.15, -0.1) is 0 Å². The molecular weight excluding hydrogens is 336 g/mol. The Kier molecular flexibility index (Phi) is 7.96. The Hall–Kier alpha value is -2.52. The van der Waals surface area contributed by atoms with Crippen LogP contribution in [-0.4, -0.2) is 45.7 Å². The van der Waals surface area contributed by atoms with Gasteiger partial charge in [0.15, 0.2) is 0 Å². The Bertz CT molecular complexity index is 583. The molecule has 0 unspecified atom stereocenters. The lowest BCUT2D eigenvalue weighted by atomic mass is 10.1. The molecule has 1 rings (SSSR count). The van der Waals surface area contributed by atoms with Crippen LogP contribution in [0.15, 0.2) is 18.2 Å². The molecule has 0 N–H and O–H groups in total. The standard InChI is InChI=1S/C16H22O9/c1-16(2,21-5)8-9-22-15(18)24-25-23-14(17)12-10-11(19-3)6-7-13(12)20-4/h6-7,10H,8-9H2,1-5H3. The maximum atomic E-state index is 11.9. The van der Waals surface area contributed by atoms with Crippen LogP contribution in [0.1, 0.15) is 30.6 Å². The summed E-state index contributed by atoms with van der Waals surface area (Å²) in [5, 5.41) is 4.14. The zero-order chi connectivity index (χ0) is 18.9. The third kappa shape index (κ3) is 6.86. The van der Waals surface area contributed by atoms with E-state index in [4.69, 9.17) is 18.9 Å². The van der Waals surface area contributed by atoms with Gasteiger partial charge in [-0.2, -0.15) is 0 Å². The first-order valence-electron chi connectivity index (χ1n) is 7.32. The van der Waals surface area contributed by atoms with Gasteiger partial charge in [0.25, 0.3) is 0 Å². The number of carbonyl (C=O) groups is 2. The predicted molar refractivity (Wildman–Crippen MR) is 84.2 cm³/mol. The van der Waals surface area contributed by atoms with E-state index in [0.29, 0.717) is 12.2 Å². The van der Waals surface area contributed by atoms with Gasteiger partial charge in [0, 0.05) is 13.5 Å². The van der Waals surface area contributed by atoms with E-state index in [9.17, 15) is 9.59 Å². The highest BCUT2D eigenvalue weighted by atomic mass is 17.5. The van der Waals surface area contributed by atoms with Crippen LogP contribution in [0.2, 0.25) is 0 Å². The van der Waals surface area contributed by atoms with E-state index in [-0.39, 0.29) is 17.9 Å². The molecule has 0 aliphatic heterocycles. The van der Waals surface area contributed by atoms with Crippen molar-refractivity contribution in [2.45, 2.75) is 25.9 Å². The molecule has 0 radical (unpaired) electrons. The molecule has 9 heteroatoms. The topological polar surface area (TPSA) is 98.8 Å². The number of carbonyl (C=O) groups excluding carboxylic acids is 2. The minimum Gasteiger partial charge on any atom is -0.497 e. The van der Waals surface area contributed by atoms with Crippen LogP contribution in [0.25, 0.3) is 0 Å². The fourth-order valence-corrected chi connectivity index (χ4v) is 1.60. The van der Waals surface area contributed by atoms with E-state index < -0.39 is 17.7 Å². The molecule has 0 bridgehead atoms. The van der Waals surface area contributed by atoms with Gasteiger partial charge in [-0.25, -0.2) is 14.5 Å². The minimum atomic E-state index is -1.16. The Morgan fingerprint density at radius 1 is 1.04 bits per heavy atom. The average Bonchev–Trinajstić information content (AvgIpc) is 2.60. The van der Waals surface area contributed by atoms with E-state index >= 15 is 0 Å². The van der Waals surface area contributed by atoms with Crippen LogP contribution in [0, 0.1) is 0 Å². The predicted octanol–water partition coefficient (Wildman–Crippen LogP) is 2.68. The Balaban J connectivity index is 2.43. The molecule has 0 atom stereocenters. The lowest BCUT2D eigenvalue weighted by molar-refractivity contribution is -0.452. The average molecular weight is 358 g/mol. The number of rotatable bonds is 9. The maximum Gasteiger partial charge on any atom is 0.543 e. The van der Waals surface area contributed by atoms with Crippen LogP contribution in [0.5, 0.6) is 11.5 Å². The van der Waals surface area contributed by atoms with E-state index in [0.717, 1.165) is 0 Å². The first-order chi connectivity index (χ1) is 11.8. The summed E-state index contributed by atoms with van der Waals surface area (Å²) in [6.07, 6.45) is -0.711. The lowest BCUT2D eigenvalue weighted by Crippen LogP contribution is -2.25. The third-order valence-corrected chi connectivity index (χ3v) is 3.31. The van der Waals surface area contributed by atoms with E-state index in [1.54, 1.807) is 13.2 Å². The number of ether oxygens (including phenoxy) is 4. The fraction of sp³-hybridized carbons (Fsp3) is 0.500. The molecule has 0 amide bonds. The second-order valence-electron chi connectivity index (χ2n) is 5.40. The van der Waals surface area contributed by atoms with Crippen LogP contribution >= 0.6 is 0 Å². The maximum absolute atomic E-state index is 11.9. The van der Waals surface area contributed by atoms with Gasteiger partial charge < -0.3 is 18.9 Å². The van der Waals surface area contributed by atoms with Crippen molar-refractivity contribution >= 4 is 12.1 Å². The molecular formula is C16H22O9. The van der Waals surface area contributed by atoms with Crippen molar-refractivity contribution in [2.75, 3.05) is 27.9 Å². The number of methoxy groups -OCH3 is 3. The molecule has 0 aliphatic carbocycles. The van der Waals surface area contributed by atoms with Gasteiger partial charge in [0.1, 0.15) is 17.1 Å². The first kappa shape index (κ1) is 20.5. The highest BCUT2D eigenvalue weighted by Gasteiger charge is 2.19. The smallest absolute Gasteiger partial charge is 0.497 e. The molecule has 0 saturated carbocycles. The zero-order valence-corrected chi connectivity index (χ0v) is 14.8. The minimum absolute atomic E-state index is 0.0284. The van der Waals surface area contributed by atoms with Gasteiger partial charge >= 0.3 is 12.1 Å². The summed E-state index contributed by atoms with van der Waals surface area (Å²) in [4.78, 5) is 31.8. The summed E-state index contributed by atoms with van der Waals surface area (Å²) in [6, 6.07) is 4.50. The van der Waals surface area contributed by atoms with Gasteiger partial charge in [0.05, 0.1) is 31.5 Å². The van der Waals surface area contributed by atoms with E-state index in [1.165, 1.54) is 26.4 Å². The summed E-state index contributed by atoms with van der Waals surface area (Å²) in [6.45, 7) is 3.71. The SMILES string of the molecule is COc1ccc(OC)c(C(=O)OOOC(=O)OCCC(C)(C)OC)c1. The summed E-state index contributed by atoms with van der Waals surface area (Å²) in [7, 11) is 4.37. The molecule has 0 aromatic heterocycles. The van der Waals surface area contributed by atoms with E-state index in [2.05, 4.69) is 14.8 Å². The third-order valence-electron chi connectivity index (χ3n) is 3.31.